The SMILES string of the molecule is CC1(Br)CCC(Br)CC1Br. The first-order valence-electron chi connectivity index (χ1n) is 3.49. The molecule has 60 valence electrons. The van der Waals surface area contributed by atoms with Crippen molar-refractivity contribution in [3.63, 3.8) is 0 Å². The van der Waals surface area contributed by atoms with Crippen molar-refractivity contribution in [3.8, 4) is 0 Å². The summed E-state index contributed by atoms with van der Waals surface area (Å²) in [5.41, 5.74) is 0. The Labute approximate surface area is 87.5 Å². The molecule has 0 heterocycles. The highest BCUT2D eigenvalue weighted by atomic mass is 79.9. The van der Waals surface area contributed by atoms with Crippen molar-refractivity contribution < 1.29 is 0 Å². The van der Waals surface area contributed by atoms with Crippen LogP contribution in [0.2, 0.25) is 0 Å². The molecule has 3 heteroatoms. The highest BCUT2D eigenvalue weighted by Crippen LogP contribution is 2.41. The van der Waals surface area contributed by atoms with Gasteiger partial charge in [0.25, 0.3) is 0 Å². The summed E-state index contributed by atoms with van der Waals surface area (Å²) in [6, 6.07) is 0. The average Bonchev–Trinajstić information content (AvgIpc) is 1.81. The summed E-state index contributed by atoms with van der Waals surface area (Å²) in [4.78, 5) is 1.32. The van der Waals surface area contributed by atoms with Crippen molar-refractivity contribution >= 4 is 47.8 Å². The molecular formula is C7H11Br3. The van der Waals surface area contributed by atoms with Crippen molar-refractivity contribution in [1.29, 1.82) is 0 Å². The van der Waals surface area contributed by atoms with Crippen LogP contribution in [0.1, 0.15) is 26.2 Å². The minimum Gasteiger partial charge on any atom is -0.0890 e. The first-order chi connectivity index (χ1) is 4.52. The van der Waals surface area contributed by atoms with E-state index in [0.717, 1.165) is 0 Å². The van der Waals surface area contributed by atoms with Crippen molar-refractivity contribution in [2.45, 2.75) is 40.2 Å². The van der Waals surface area contributed by atoms with E-state index >= 15 is 0 Å². The number of hydrogen-bond acceptors (Lipinski definition) is 0. The molecule has 0 aromatic heterocycles. The molecule has 0 aliphatic heterocycles. The molecule has 1 aliphatic rings. The Bertz CT molecular complexity index is 122. The fraction of sp³-hybridized carbons (Fsp3) is 1.00. The highest BCUT2D eigenvalue weighted by Gasteiger charge is 2.35. The Balaban J connectivity index is 2.52. The second-order valence-corrected chi connectivity index (χ2v) is 7.33. The average molecular weight is 335 g/mol. The maximum absolute atomic E-state index is 3.72. The first-order valence-corrected chi connectivity index (χ1v) is 6.12. The summed E-state index contributed by atoms with van der Waals surface area (Å²) >= 11 is 11.0. The van der Waals surface area contributed by atoms with Crippen LogP contribution in [0.5, 0.6) is 0 Å². The molecule has 0 spiro atoms. The minimum absolute atomic E-state index is 0.317. The maximum atomic E-state index is 3.72. The van der Waals surface area contributed by atoms with E-state index in [-0.39, 0.29) is 0 Å². The van der Waals surface area contributed by atoms with Gasteiger partial charge in [0.1, 0.15) is 0 Å². The van der Waals surface area contributed by atoms with Gasteiger partial charge in [-0.2, -0.15) is 0 Å². The van der Waals surface area contributed by atoms with Crippen LogP contribution in [-0.4, -0.2) is 14.0 Å². The van der Waals surface area contributed by atoms with E-state index in [9.17, 15) is 0 Å². The summed E-state index contributed by atoms with van der Waals surface area (Å²) in [5.74, 6) is 0. The van der Waals surface area contributed by atoms with Gasteiger partial charge < -0.3 is 0 Å². The highest BCUT2D eigenvalue weighted by molar-refractivity contribution is 9.12. The lowest BCUT2D eigenvalue weighted by Gasteiger charge is -2.35. The van der Waals surface area contributed by atoms with Crippen molar-refractivity contribution in [3.05, 3.63) is 0 Å². The van der Waals surface area contributed by atoms with Gasteiger partial charge in [0, 0.05) is 14.0 Å². The number of hydrogen-bond donors (Lipinski definition) is 0. The van der Waals surface area contributed by atoms with Gasteiger partial charge >= 0.3 is 0 Å². The Hall–Kier alpha value is 1.44. The van der Waals surface area contributed by atoms with E-state index < -0.39 is 0 Å². The van der Waals surface area contributed by atoms with Gasteiger partial charge in [-0.05, 0) is 26.2 Å². The monoisotopic (exact) mass is 332 g/mol. The van der Waals surface area contributed by atoms with Gasteiger partial charge in [0.05, 0.1) is 0 Å². The summed E-state index contributed by atoms with van der Waals surface area (Å²) in [5, 5.41) is 0. The van der Waals surface area contributed by atoms with E-state index in [1.165, 1.54) is 19.3 Å². The molecule has 0 bridgehead atoms. The van der Waals surface area contributed by atoms with Gasteiger partial charge in [-0.3, -0.25) is 0 Å². The van der Waals surface area contributed by atoms with Gasteiger partial charge in [0.15, 0.2) is 0 Å². The number of halogens is 3. The third kappa shape index (κ3) is 2.21. The van der Waals surface area contributed by atoms with Crippen LogP contribution in [-0.2, 0) is 0 Å². The second kappa shape index (κ2) is 3.44. The molecule has 1 saturated carbocycles. The number of rotatable bonds is 0. The third-order valence-corrected chi connectivity index (χ3v) is 5.84. The molecule has 0 saturated heterocycles. The van der Waals surface area contributed by atoms with Crippen LogP contribution in [0.15, 0.2) is 0 Å². The quantitative estimate of drug-likeness (QED) is 0.590. The van der Waals surface area contributed by atoms with E-state index in [0.29, 0.717) is 14.0 Å². The zero-order valence-corrected chi connectivity index (χ0v) is 10.7. The Kier molecular flexibility index (Phi) is 3.28. The molecule has 3 unspecified atom stereocenters. The fourth-order valence-electron chi connectivity index (χ4n) is 1.18. The predicted molar refractivity (Wildman–Crippen MR) is 56.6 cm³/mol. The first kappa shape index (κ1) is 9.53. The molecule has 3 atom stereocenters. The van der Waals surface area contributed by atoms with Crippen molar-refractivity contribution in [2.75, 3.05) is 0 Å². The van der Waals surface area contributed by atoms with Gasteiger partial charge in [0.2, 0.25) is 0 Å². The maximum Gasteiger partial charge on any atom is 0.0355 e. The smallest absolute Gasteiger partial charge is 0.0355 e. The molecule has 0 nitrogen and oxygen atoms in total. The summed E-state index contributed by atoms with van der Waals surface area (Å²) in [6.07, 6.45) is 3.75. The summed E-state index contributed by atoms with van der Waals surface area (Å²) < 4.78 is 0.317. The Morgan fingerprint density at radius 2 is 2.00 bits per heavy atom. The van der Waals surface area contributed by atoms with Crippen LogP contribution < -0.4 is 0 Å². The molecule has 0 amide bonds. The standard InChI is InChI=1S/C7H11Br3/c1-7(10)3-2-5(8)4-6(7)9/h5-6H,2-4H2,1H3. The zero-order chi connectivity index (χ0) is 7.78. The van der Waals surface area contributed by atoms with Crippen LogP contribution in [0.25, 0.3) is 0 Å². The van der Waals surface area contributed by atoms with Gasteiger partial charge in [-0.1, -0.05) is 47.8 Å². The lowest BCUT2D eigenvalue weighted by molar-refractivity contribution is 0.460. The molecule has 1 fully saturated rings. The predicted octanol–water partition coefficient (Wildman–Crippen LogP) is 3.85. The van der Waals surface area contributed by atoms with Crippen LogP contribution in [0.4, 0.5) is 0 Å². The Morgan fingerprint density at radius 1 is 1.40 bits per heavy atom. The lowest BCUT2D eigenvalue weighted by atomic mass is 9.90. The third-order valence-electron chi connectivity index (χ3n) is 2.06. The zero-order valence-electron chi connectivity index (χ0n) is 5.91. The molecular weight excluding hydrogens is 324 g/mol. The lowest BCUT2D eigenvalue weighted by Crippen LogP contribution is -2.35. The largest absolute Gasteiger partial charge is 0.0890 e. The molecule has 1 rings (SSSR count). The van der Waals surface area contributed by atoms with E-state index in [2.05, 4.69) is 54.7 Å². The van der Waals surface area contributed by atoms with Crippen LogP contribution >= 0.6 is 47.8 Å². The molecule has 0 radical (unpaired) electrons. The van der Waals surface area contributed by atoms with E-state index in [1.54, 1.807) is 0 Å². The summed E-state index contributed by atoms with van der Waals surface area (Å²) in [7, 11) is 0. The van der Waals surface area contributed by atoms with Gasteiger partial charge in [-0.25, -0.2) is 0 Å². The second-order valence-electron chi connectivity index (χ2n) is 3.12. The van der Waals surface area contributed by atoms with E-state index in [1.807, 2.05) is 0 Å². The van der Waals surface area contributed by atoms with Crippen molar-refractivity contribution in [2.24, 2.45) is 0 Å². The molecule has 0 aromatic carbocycles. The van der Waals surface area contributed by atoms with Gasteiger partial charge in [-0.15, -0.1) is 0 Å². The normalized spacial score (nSPS) is 49.2. The minimum atomic E-state index is 0.317. The van der Waals surface area contributed by atoms with Crippen LogP contribution in [0, 0.1) is 0 Å². The fourth-order valence-corrected chi connectivity index (χ4v) is 3.38. The molecule has 1 aliphatic carbocycles. The molecule has 0 N–H and O–H groups in total. The number of alkyl halides is 3. The molecule has 10 heavy (non-hydrogen) atoms. The molecule has 0 aromatic rings. The van der Waals surface area contributed by atoms with Crippen molar-refractivity contribution in [1.82, 2.24) is 0 Å². The summed E-state index contributed by atoms with van der Waals surface area (Å²) in [6.45, 7) is 2.26. The Morgan fingerprint density at radius 3 is 2.40 bits per heavy atom. The van der Waals surface area contributed by atoms with E-state index in [4.69, 9.17) is 0 Å². The topological polar surface area (TPSA) is 0 Å². The van der Waals surface area contributed by atoms with Crippen LogP contribution in [0.3, 0.4) is 0 Å².